The van der Waals surface area contributed by atoms with Crippen molar-refractivity contribution in [1.29, 1.82) is 0 Å². The molecule has 0 spiro atoms. The maximum absolute atomic E-state index is 12.7. The monoisotopic (exact) mass is 783 g/mol. The largest absolute Gasteiger partial charge is 0.498 e. The molecule has 0 aromatic rings. The van der Waals surface area contributed by atoms with Crippen LogP contribution >= 0.6 is 7.82 Å². The number of quaternary nitrogens is 1. The average Bonchev–Trinajstić information content (AvgIpc) is 3.11. The van der Waals surface area contributed by atoms with E-state index in [-0.39, 0.29) is 32.0 Å². The number of hydrogen-bond acceptors (Lipinski definition) is 7. The second-order valence-corrected chi connectivity index (χ2v) is 16.9. The van der Waals surface area contributed by atoms with Crippen molar-refractivity contribution in [3.05, 3.63) is 48.8 Å². The van der Waals surface area contributed by atoms with Gasteiger partial charge in [0.1, 0.15) is 19.8 Å². The van der Waals surface area contributed by atoms with Gasteiger partial charge in [0, 0.05) is 12.8 Å². The minimum atomic E-state index is -4.32. The fourth-order valence-electron chi connectivity index (χ4n) is 5.49. The SMILES string of the molecule is CCCCC/C=C\C=C\C(=O)CCCCCCCC(=O)O[C@H](CO/C=C/CCCCCCCC/C=C\CCCCCC)COP(=O)(O)OCC[N+](C)(C)C. The van der Waals surface area contributed by atoms with E-state index in [9.17, 15) is 19.0 Å². The number of esters is 1. The molecule has 1 N–H and O–H groups in total. The Hall–Kier alpha value is -2.03. The molecule has 1 unspecified atom stereocenters. The fourth-order valence-corrected chi connectivity index (χ4v) is 6.23. The molecule has 0 aliphatic rings. The van der Waals surface area contributed by atoms with Crippen molar-refractivity contribution >= 4 is 19.6 Å². The van der Waals surface area contributed by atoms with Crippen LogP contribution in [0.15, 0.2) is 48.8 Å². The number of unbranched alkanes of at least 4 members (excludes halogenated alkanes) is 18. The van der Waals surface area contributed by atoms with E-state index in [1.165, 1.54) is 89.9 Å². The van der Waals surface area contributed by atoms with Crippen LogP contribution in [0.1, 0.15) is 168 Å². The number of phosphoric ester groups is 1. The van der Waals surface area contributed by atoms with Crippen molar-refractivity contribution in [2.75, 3.05) is 47.5 Å². The second-order valence-electron chi connectivity index (χ2n) is 15.5. The molecule has 2 atom stereocenters. The predicted molar refractivity (Wildman–Crippen MR) is 224 cm³/mol. The lowest BCUT2D eigenvalue weighted by atomic mass is 10.1. The molecule has 0 aromatic heterocycles. The molecule has 9 nitrogen and oxygen atoms in total. The number of hydrogen-bond donors (Lipinski definition) is 1. The fraction of sp³-hybridized carbons (Fsp3) is 0.773. The molecule has 0 aromatic carbocycles. The number of rotatable bonds is 39. The number of phosphoric acid groups is 1. The number of ether oxygens (including phenoxy) is 2. The molecule has 0 aliphatic carbocycles. The van der Waals surface area contributed by atoms with Crippen LogP contribution in [0.2, 0.25) is 0 Å². The summed E-state index contributed by atoms with van der Waals surface area (Å²) >= 11 is 0. The summed E-state index contributed by atoms with van der Waals surface area (Å²) in [6.45, 7) is 4.71. The zero-order valence-electron chi connectivity index (χ0n) is 35.2. The summed E-state index contributed by atoms with van der Waals surface area (Å²) in [5.74, 6) is -0.266. The lowest BCUT2D eigenvalue weighted by Gasteiger charge is -2.24. The molecule has 0 saturated heterocycles. The topological polar surface area (TPSA) is 108 Å². The minimum Gasteiger partial charge on any atom is -0.498 e. The van der Waals surface area contributed by atoms with Crippen LogP contribution in [0, 0.1) is 0 Å². The number of carbonyl (C=O) groups is 2. The maximum Gasteiger partial charge on any atom is 0.472 e. The van der Waals surface area contributed by atoms with E-state index in [2.05, 4.69) is 32.1 Å². The summed E-state index contributed by atoms with van der Waals surface area (Å²) in [6.07, 6.45) is 40.5. The van der Waals surface area contributed by atoms with Crippen LogP contribution in [-0.4, -0.2) is 74.7 Å². The summed E-state index contributed by atoms with van der Waals surface area (Å²) in [6, 6.07) is 0. The third-order valence-electron chi connectivity index (χ3n) is 8.90. The lowest BCUT2D eigenvalue weighted by molar-refractivity contribution is -0.870. The smallest absolute Gasteiger partial charge is 0.472 e. The average molecular weight is 783 g/mol. The maximum atomic E-state index is 12.7. The van der Waals surface area contributed by atoms with E-state index in [1.54, 1.807) is 12.3 Å². The van der Waals surface area contributed by atoms with Gasteiger partial charge >= 0.3 is 13.8 Å². The number of allylic oxidation sites excluding steroid dienone is 7. The Morgan fingerprint density at radius 2 is 1.15 bits per heavy atom. The van der Waals surface area contributed by atoms with Crippen molar-refractivity contribution in [2.45, 2.75) is 174 Å². The first kappa shape index (κ1) is 52.0. The normalized spacial score (nSPS) is 14.1. The van der Waals surface area contributed by atoms with E-state index in [1.807, 2.05) is 39.4 Å². The highest BCUT2D eigenvalue weighted by molar-refractivity contribution is 7.47. The summed E-state index contributed by atoms with van der Waals surface area (Å²) in [7, 11) is 1.55. The molecular formula is C44H81NO8P+. The quantitative estimate of drug-likeness (QED) is 0.00959. The molecule has 0 saturated carbocycles. The van der Waals surface area contributed by atoms with Gasteiger partial charge in [0.25, 0.3) is 0 Å². The van der Waals surface area contributed by atoms with Crippen molar-refractivity contribution in [3.8, 4) is 0 Å². The van der Waals surface area contributed by atoms with Crippen LogP contribution in [-0.2, 0) is 32.7 Å². The number of ketones is 1. The predicted octanol–water partition coefficient (Wildman–Crippen LogP) is 11.9. The molecule has 0 fully saturated rings. The Labute approximate surface area is 331 Å². The van der Waals surface area contributed by atoms with Gasteiger partial charge in [-0.2, -0.15) is 0 Å². The van der Waals surface area contributed by atoms with Crippen LogP contribution < -0.4 is 0 Å². The Balaban J connectivity index is 4.41. The highest BCUT2D eigenvalue weighted by atomic mass is 31.2. The van der Waals surface area contributed by atoms with Gasteiger partial charge in [0.2, 0.25) is 0 Å². The molecule has 0 aliphatic heterocycles. The minimum absolute atomic E-state index is 0.00539. The zero-order valence-corrected chi connectivity index (χ0v) is 36.1. The van der Waals surface area contributed by atoms with Gasteiger partial charge in [0.05, 0.1) is 34.0 Å². The van der Waals surface area contributed by atoms with E-state index in [0.717, 1.165) is 44.9 Å². The Morgan fingerprint density at radius 1 is 0.630 bits per heavy atom. The third kappa shape index (κ3) is 39.7. The first-order chi connectivity index (χ1) is 26.0. The molecule has 10 heteroatoms. The van der Waals surface area contributed by atoms with Gasteiger partial charge in [-0.1, -0.05) is 121 Å². The summed E-state index contributed by atoms with van der Waals surface area (Å²) in [4.78, 5) is 34.9. The third-order valence-corrected chi connectivity index (χ3v) is 9.89. The molecular weight excluding hydrogens is 701 g/mol. The van der Waals surface area contributed by atoms with Crippen molar-refractivity contribution in [1.82, 2.24) is 0 Å². The molecule has 0 rings (SSSR count). The van der Waals surface area contributed by atoms with Crippen molar-refractivity contribution < 1.29 is 42.1 Å². The van der Waals surface area contributed by atoms with E-state index >= 15 is 0 Å². The number of carbonyl (C=O) groups excluding carboxylic acids is 2. The number of likely N-dealkylation sites (N-methyl/N-ethyl adjacent to an activating group) is 1. The molecule has 0 heterocycles. The first-order valence-electron chi connectivity index (χ1n) is 21.4. The Bertz CT molecular complexity index is 1070. The summed E-state index contributed by atoms with van der Waals surface area (Å²) in [5.41, 5.74) is 0. The van der Waals surface area contributed by atoms with Gasteiger partial charge < -0.3 is 18.9 Å². The van der Waals surface area contributed by atoms with E-state index in [0.29, 0.717) is 23.9 Å². The molecule has 314 valence electrons. The summed E-state index contributed by atoms with van der Waals surface area (Å²) < 4.78 is 34.6. The van der Waals surface area contributed by atoms with Crippen LogP contribution in [0.5, 0.6) is 0 Å². The number of nitrogens with zero attached hydrogens (tertiary/aromatic N) is 1. The molecule has 0 amide bonds. The molecule has 0 radical (unpaired) electrons. The van der Waals surface area contributed by atoms with Crippen molar-refractivity contribution in [3.63, 3.8) is 0 Å². The van der Waals surface area contributed by atoms with Gasteiger partial charge in [0.15, 0.2) is 11.9 Å². The Kier molecular flexibility index (Phi) is 35.2. The van der Waals surface area contributed by atoms with E-state index < -0.39 is 19.9 Å². The zero-order chi connectivity index (χ0) is 40.0. The van der Waals surface area contributed by atoms with Crippen molar-refractivity contribution in [2.24, 2.45) is 0 Å². The first-order valence-corrected chi connectivity index (χ1v) is 22.9. The van der Waals surface area contributed by atoms with E-state index in [4.69, 9.17) is 18.5 Å². The highest BCUT2D eigenvalue weighted by Crippen LogP contribution is 2.43. The molecule has 0 bridgehead atoms. The molecule has 54 heavy (non-hydrogen) atoms. The summed E-state index contributed by atoms with van der Waals surface area (Å²) in [5, 5.41) is 0. The van der Waals surface area contributed by atoms with Gasteiger partial charge in [-0.15, -0.1) is 0 Å². The van der Waals surface area contributed by atoms with Crippen LogP contribution in [0.25, 0.3) is 0 Å². The second kappa shape index (κ2) is 36.6. The van der Waals surface area contributed by atoms with Gasteiger partial charge in [-0.3, -0.25) is 18.6 Å². The highest BCUT2D eigenvalue weighted by Gasteiger charge is 2.26. The van der Waals surface area contributed by atoms with Crippen LogP contribution in [0.3, 0.4) is 0 Å². The Morgan fingerprint density at radius 3 is 1.78 bits per heavy atom. The van der Waals surface area contributed by atoms with Gasteiger partial charge in [-0.05, 0) is 76.4 Å². The van der Waals surface area contributed by atoms with Crippen LogP contribution in [0.4, 0.5) is 0 Å². The van der Waals surface area contributed by atoms with Gasteiger partial charge in [-0.25, -0.2) is 4.57 Å². The standard InChI is InChI=1S/C44H80NO8P/c1-6-8-10-12-14-15-16-17-18-19-20-21-22-24-29-33-38-50-40-43(41-52-54(48,49)51-39-37-45(3,4)5)53-44(47)36-32-28-25-27-31-35-42(46)34-30-26-23-13-11-9-7-2/h15-16,23,26,30,33-34,38,43H,6-14,17-22,24-25,27-29,31-32,35-37,39-41H2,1-5H3/p+1/b16-15-,26-23-,34-30+,38-33+/t43-/m1/s1. The lowest BCUT2D eigenvalue weighted by Crippen LogP contribution is -2.37.